The van der Waals surface area contributed by atoms with Crippen LogP contribution in [0.1, 0.15) is 16.7 Å². The van der Waals surface area contributed by atoms with Crippen LogP contribution in [-0.2, 0) is 32.1 Å². The first-order valence-electron chi connectivity index (χ1n) is 8.97. The zero-order valence-corrected chi connectivity index (χ0v) is 17.2. The van der Waals surface area contributed by atoms with Crippen molar-refractivity contribution in [2.24, 2.45) is 0 Å². The molecule has 3 nitrogen and oxygen atoms in total. The summed E-state index contributed by atoms with van der Waals surface area (Å²) in [6.45, 7) is 0. The molecule has 0 bridgehead atoms. The third-order valence-electron chi connectivity index (χ3n) is 4.44. The lowest BCUT2D eigenvalue weighted by molar-refractivity contribution is 0.477. The normalized spacial score (nSPS) is 12.0. The Labute approximate surface area is 162 Å². The molecule has 5 heteroatoms. The molecule has 0 aliphatic carbocycles. The first-order valence-corrected chi connectivity index (χ1v) is 13.3. The van der Waals surface area contributed by atoms with Crippen molar-refractivity contribution in [3.63, 3.8) is 0 Å². The highest BCUT2D eigenvalue weighted by molar-refractivity contribution is 7.87. The average molecular weight is 397 g/mol. The van der Waals surface area contributed by atoms with Gasteiger partial charge in [0.05, 0.1) is 6.26 Å². The van der Waals surface area contributed by atoms with Crippen LogP contribution >= 0.6 is 0 Å². The summed E-state index contributed by atoms with van der Waals surface area (Å²) < 4.78 is 30.4. The predicted octanol–water partition coefficient (Wildman–Crippen LogP) is 4.25. The minimum Gasteiger partial charge on any atom is -0.314 e. The molecule has 3 aromatic rings. The van der Waals surface area contributed by atoms with Gasteiger partial charge in [-0.05, 0) is 34.8 Å². The summed E-state index contributed by atoms with van der Waals surface area (Å²) in [7, 11) is -6.32. The van der Waals surface area contributed by atoms with Gasteiger partial charge in [0.15, 0.2) is 0 Å². The maximum atomic E-state index is 12.2. The molecule has 0 unspecified atom stereocenters. The molecule has 0 aliphatic rings. The van der Waals surface area contributed by atoms with Crippen molar-refractivity contribution in [1.29, 1.82) is 0 Å². The van der Waals surface area contributed by atoms with Crippen LogP contribution in [0.2, 0.25) is 0 Å². The van der Waals surface area contributed by atoms with Gasteiger partial charge in [-0.15, -0.1) is 0 Å². The van der Waals surface area contributed by atoms with Crippen molar-refractivity contribution in [1.82, 2.24) is 0 Å². The van der Waals surface area contributed by atoms with E-state index >= 15 is 0 Å². The van der Waals surface area contributed by atoms with Gasteiger partial charge in [-0.1, -0.05) is 91.0 Å². The summed E-state index contributed by atoms with van der Waals surface area (Å²) >= 11 is 0. The van der Waals surface area contributed by atoms with E-state index in [1.54, 1.807) is 0 Å². The molecule has 3 aromatic carbocycles. The molecule has 0 heterocycles. The SMILES string of the molecule is CS(=O)(=O)O[Si](Cc1ccccc1)(Cc1ccccc1)Cc1ccccc1. The second kappa shape index (κ2) is 8.65. The molecule has 0 aliphatic heterocycles. The molecule has 0 atom stereocenters. The van der Waals surface area contributed by atoms with E-state index in [2.05, 4.69) is 0 Å². The van der Waals surface area contributed by atoms with E-state index < -0.39 is 18.4 Å². The van der Waals surface area contributed by atoms with Crippen molar-refractivity contribution in [2.45, 2.75) is 18.1 Å². The maximum Gasteiger partial charge on any atom is 0.254 e. The van der Waals surface area contributed by atoms with E-state index in [9.17, 15) is 8.42 Å². The van der Waals surface area contributed by atoms with Crippen molar-refractivity contribution >= 4 is 18.4 Å². The monoisotopic (exact) mass is 396 g/mol. The quantitative estimate of drug-likeness (QED) is 0.535. The molecular formula is C22H24O3SSi. The fourth-order valence-corrected chi connectivity index (χ4v) is 10.1. The van der Waals surface area contributed by atoms with Gasteiger partial charge in [0, 0.05) is 0 Å². The Morgan fingerprint density at radius 3 is 1.19 bits per heavy atom. The van der Waals surface area contributed by atoms with Crippen molar-refractivity contribution < 1.29 is 12.3 Å². The fourth-order valence-electron chi connectivity index (χ4n) is 3.50. The zero-order chi connectivity index (χ0) is 19.2. The summed E-state index contributed by atoms with van der Waals surface area (Å²) in [5, 5.41) is 0. The van der Waals surface area contributed by atoms with E-state index in [4.69, 9.17) is 3.87 Å². The minimum absolute atomic E-state index is 0.644. The maximum absolute atomic E-state index is 12.2. The summed E-state index contributed by atoms with van der Waals surface area (Å²) in [6.07, 6.45) is 1.16. The Bertz CT molecular complexity index is 841. The molecule has 27 heavy (non-hydrogen) atoms. The minimum atomic E-state index is -3.58. The Morgan fingerprint density at radius 1 is 0.630 bits per heavy atom. The number of benzene rings is 3. The molecule has 0 spiro atoms. The summed E-state index contributed by atoms with van der Waals surface area (Å²) in [5.41, 5.74) is 3.33. The molecular weight excluding hydrogens is 372 g/mol. The lowest BCUT2D eigenvalue weighted by Gasteiger charge is -2.31. The highest BCUT2D eigenvalue weighted by atomic mass is 32.2. The topological polar surface area (TPSA) is 43.4 Å². The summed E-state index contributed by atoms with van der Waals surface area (Å²) in [5.74, 6) is 0. The largest absolute Gasteiger partial charge is 0.314 e. The van der Waals surface area contributed by atoms with Crippen molar-refractivity contribution in [3.8, 4) is 0 Å². The van der Waals surface area contributed by atoms with E-state index in [0.29, 0.717) is 18.1 Å². The van der Waals surface area contributed by atoms with Crippen LogP contribution < -0.4 is 0 Å². The van der Waals surface area contributed by atoms with Crippen LogP contribution in [0.15, 0.2) is 91.0 Å². The molecule has 140 valence electrons. The Morgan fingerprint density at radius 2 is 0.926 bits per heavy atom. The lowest BCUT2D eigenvalue weighted by atomic mass is 10.2. The number of hydrogen-bond acceptors (Lipinski definition) is 3. The van der Waals surface area contributed by atoms with Crippen LogP contribution in [0.5, 0.6) is 0 Å². The highest BCUT2D eigenvalue weighted by Gasteiger charge is 2.39. The standard InChI is InChI=1S/C22H24O3SSi/c1-26(23,24)25-27(17-20-11-5-2-6-12-20,18-21-13-7-3-8-14-21)19-22-15-9-4-10-16-22/h2-16H,17-19H2,1H3. The molecule has 0 saturated heterocycles. The van der Waals surface area contributed by atoms with Gasteiger partial charge < -0.3 is 3.87 Å². The van der Waals surface area contributed by atoms with Gasteiger partial charge in [0.25, 0.3) is 10.1 Å². The van der Waals surface area contributed by atoms with Crippen molar-refractivity contribution in [2.75, 3.05) is 6.26 Å². The predicted molar refractivity (Wildman–Crippen MR) is 112 cm³/mol. The van der Waals surface area contributed by atoms with Gasteiger partial charge in [-0.3, -0.25) is 0 Å². The third-order valence-corrected chi connectivity index (χ3v) is 10.2. The van der Waals surface area contributed by atoms with Gasteiger partial charge >= 0.3 is 0 Å². The first kappa shape index (κ1) is 19.5. The van der Waals surface area contributed by atoms with E-state index in [-0.39, 0.29) is 0 Å². The third kappa shape index (κ3) is 6.17. The van der Waals surface area contributed by atoms with Gasteiger partial charge in [0.2, 0.25) is 8.32 Å². The average Bonchev–Trinajstić information content (AvgIpc) is 2.62. The Hall–Kier alpha value is -2.21. The summed E-state index contributed by atoms with van der Waals surface area (Å²) in [6, 6.07) is 32.0. The molecule has 0 N–H and O–H groups in total. The molecule has 0 saturated carbocycles. The van der Waals surface area contributed by atoms with Crippen molar-refractivity contribution in [3.05, 3.63) is 108 Å². The van der Waals surface area contributed by atoms with E-state index in [1.165, 1.54) is 0 Å². The number of rotatable bonds is 8. The number of hydrogen-bond donors (Lipinski definition) is 0. The Kier molecular flexibility index (Phi) is 6.26. The van der Waals surface area contributed by atoms with Gasteiger partial charge in [-0.25, -0.2) is 8.42 Å². The Balaban J connectivity index is 2.03. The molecule has 0 radical (unpaired) electrons. The van der Waals surface area contributed by atoms with Crippen LogP contribution in [0, 0.1) is 0 Å². The van der Waals surface area contributed by atoms with Gasteiger partial charge in [-0.2, -0.15) is 0 Å². The highest BCUT2D eigenvalue weighted by Crippen LogP contribution is 2.25. The molecule has 0 aromatic heterocycles. The first-order chi connectivity index (χ1) is 12.9. The zero-order valence-electron chi connectivity index (χ0n) is 15.4. The van der Waals surface area contributed by atoms with Crippen LogP contribution in [-0.4, -0.2) is 23.0 Å². The van der Waals surface area contributed by atoms with E-state index in [0.717, 1.165) is 22.9 Å². The summed E-state index contributed by atoms with van der Waals surface area (Å²) in [4.78, 5) is 0. The van der Waals surface area contributed by atoms with Crippen LogP contribution in [0.25, 0.3) is 0 Å². The molecule has 0 amide bonds. The van der Waals surface area contributed by atoms with E-state index in [1.807, 2.05) is 91.0 Å². The van der Waals surface area contributed by atoms with Crippen LogP contribution in [0.4, 0.5) is 0 Å². The molecule has 3 rings (SSSR count). The second-order valence-electron chi connectivity index (χ2n) is 6.96. The second-order valence-corrected chi connectivity index (χ2v) is 12.5. The molecule has 0 fully saturated rings. The fraction of sp³-hybridized carbons (Fsp3) is 0.182. The van der Waals surface area contributed by atoms with Gasteiger partial charge in [0.1, 0.15) is 0 Å². The lowest BCUT2D eigenvalue weighted by Crippen LogP contribution is -2.48. The van der Waals surface area contributed by atoms with Crippen LogP contribution in [0.3, 0.4) is 0 Å². The smallest absolute Gasteiger partial charge is 0.254 e.